The normalized spacial score (nSPS) is 21.3. The van der Waals surface area contributed by atoms with Crippen molar-refractivity contribution in [3.63, 3.8) is 0 Å². The molecular formula is C16H18N2O2. The molecule has 1 aromatic carbocycles. The van der Waals surface area contributed by atoms with Crippen LogP contribution in [0.15, 0.2) is 36.4 Å². The van der Waals surface area contributed by atoms with Gasteiger partial charge in [-0.05, 0) is 30.4 Å². The quantitative estimate of drug-likeness (QED) is 0.838. The van der Waals surface area contributed by atoms with E-state index < -0.39 is 0 Å². The number of nitrogens with zero attached hydrogens (tertiary/aromatic N) is 1. The number of hydrogen-bond donors (Lipinski definition) is 1. The first-order valence-electron chi connectivity index (χ1n) is 7.04. The molecule has 2 aliphatic rings. The van der Waals surface area contributed by atoms with Crippen LogP contribution < -0.4 is 5.32 Å². The highest BCUT2D eigenvalue weighted by Crippen LogP contribution is 2.24. The molecule has 0 spiro atoms. The monoisotopic (exact) mass is 270 g/mol. The number of rotatable bonds is 2. The minimum absolute atomic E-state index is 0.0633. The van der Waals surface area contributed by atoms with Gasteiger partial charge in [0.1, 0.15) is 6.54 Å². The molecule has 1 aromatic rings. The number of hydrogen-bond acceptors (Lipinski definition) is 2. The summed E-state index contributed by atoms with van der Waals surface area (Å²) in [6.45, 7) is 0.647. The standard InChI is InChI=1S/C16H18N2O2/c19-15-11-18(16(20)9-12-5-1-2-6-12)10-13-7-3-4-8-14(13)17-15/h1,3-5,7-8,12H,2,6,9-11H2,(H,17,19). The number of carbonyl (C=O) groups is 2. The molecule has 1 aliphatic carbocycles. The molecule has 20 heavy (non-hydrogen) atoms. The Bertz CT molecular complexity index is 565. The van der Waals surface area contributed by atoms with Gasteiger partial charge in [-0.25, -0.2) is 0 Å². The second kappa shape index (κ2) is 5.49. The first-order valence-corrected chi connectivity index (χ1v) is 7.04. The molecule has 0 aromatic heterocycles. The Morgan fingerprint density at radius 2 is 2.15 bits per heavy atom. The van der Waals surface area contributed by atoms with Crippen LogP contribution in [0, 0.1) is 5.92 Å². The zero-order chi connectivity index (χ0) is 13.9. The summed E-state index contributed by atoms with van der Waals surface area (Å²) in [5, 5.41) is 2.85. The number of anilines is 1. The second-order valence-corrected chi connectivity index (χ2v) is 5.42. The van der Waals surface area contributed by atoms with Crippen LogP contribution in [-0.4, -0.2) is 23.3 Å². The van der Waals surface area contributed by atoms with Crippen molar-refractivity contribution in [2.24, 2.45) is 5.92 Å². The van der Waals surface area contributed by atoms with Gasteiger partial charge in [0.05, 0.1) is 0 Å². The van der Waals surface area contributed by atoms with Gasteiger partial charge >= 0.3 is 0 Å². The van der Waals surface area contributed by atoms with E-state index in [4.69, 9.17) is 0 Å². The third kappa shape index (κ3) is 2.74. The van der Waals surface area contributed by atoms with Crippen molar-refractivity contribution < 1.29 is 9.59 Å². The van der Waals surface area contributed by atoms with Crippen molar-refractivity contribution in [1.29, 1.82) is 0 Å². The summed E-state index contributed by atoms with van der Waals surface area (Å²) >= 11 is 0. The molecule has 104 valence electrons. The summed E-state index contributed by atoms with van der Waals surface area (Å²) in [5.41, 5.74) is 1.81. The van der Waals surface area contributed by atoms with Crippen LogP contribution in [0.25, 0.3) is 0 Å². The Morgan fingerprint density at radius 1 is 1.30 bits per heavy atom. The maximum absolute atomic E-state index is 12.4. The third-order valence-corrected chi connectivity index (χ3v) is 3.89. The van der Waals surface area contributed by atoms with Gasteiger partial charge in [-0.2, -0.15) is 0 Å². The van der Waals surface area contributed by atoms with E-state index in [2.05, 4.69) is 17.5 Å². The number of fused-ring (bicyclic) bond motifs is 1. The Labute approximate surface area is 118 Å². The van der Waals surface area contributed by atoms with Gasteiger partial charge in [-0.3, -0.25) is 9.59 Å². The summed E-state index contributed by atoms with van der Waals surface area (Å²) in [6.07, 6.45) is 6.85. The molecule has 0 saturated carbocycles. The van der Waals surface area contributed by atoms with Gasteiger partial charge in [-0.15, -0.1) is 0 Å². The summed E-state index contributed by atoms with van der Waals surface area (Å²) in [5.74, 6) is 0.280. The average Bonchev–Trinajstić information content (AvgIpc) is 2.86. The van der Waals surface area contributed by atoms with Crippen LogP contribution in [0.1, 0.15) is 24.8 Å². The molecular weight excluding hydrogens is 252 g/mol. The highest BCUT2D eigenvalue weighted by Gasteiger charge is 2.24. The molecule has 1 heterocycles. The predicted octanol–water partition coefficient (Wildman–Crippen LogP) is 2.32. The molecule has 4 heteroatoms. The molecule has 0 bridgehead atoms. The van der Waals surface area contributed by atoms with E-state index >= 15 is 0 Å². The fraction of sp³-hybridized carbons (Fsp3) is 0.375. The topological polar surface area (TPSA) is 49.4 Å². The fourth-order valence-corrected chi connectivity index (χ4v) is 2.80. The maximum Gasteiger partial charge on any atom is 0.244 e. The summed E-state index contributed by atoms with van der Waals surface area (Å²) in [6, 6.07) is 7.65. The van der Waals surface area contributed by atoms with E-state index in [1.807, 2.05) is 24.3 Å². The van der Waals surface area contributed by atoms with Crippen molar-refractivity contribution in [2.45, 2.75) is 25.8 Å². The number of amides is 2. The van der Waals surface area contributed by atoms with Crippen molar-refractivity contribution in [2.75, 3.05) is 11.9 Å². The third-order valence-electron chi connectivity index (χ3n) is 3.89. The Balaban J connectivity index is 1.74. The van der Waals surface area contributed by atoms with E-state index in [1.165, 1.54) is 0 Å². The summed E-state index contributed by atoms with van der Waals surface area (Å²) < 4.78 is 0. The molecule has 0 saturated heterocycles. The molecule has 1 unspecified atom stereocenters. The zero-order valence-corrected chi connectivity index (χ0v) is 11.3. The van der Waals surface area contributed by atoms with E-state index in [0.717, 1.165) is 24.1 Å². The number of allylic oxidation sites excluding steroid dienone is 2. The minimum Gasteiger partial charge on any atom is -0.329 e. The van der Waals surface area contributed by atoms with Crippen molar-refractivity contribution in [1.82, 2.24) is 4.90 Å². The minimum atomic E-state index is -0.120. The fourth-order valence-electron chi connectivity index (χ4n) is 2.80. The largest absolute Gasteiger partial charge is 0.329 e. The Kier molecular flexibility index (Phi) is 3.54. The molecule has 1 aliphatic heterocycles. The summed E-state index contributed by atoms with van der Waals surface area (Å²) in [4.78, 5) is 25.9. The lowest BCUT2D eigenvalue weighted by Crippen LogP contribution is -2.35. The van der Waals surface area contributed by atoms with Crippen LogP contribution in [0.4, 0.5) is 5.69 Å². The lowest BCUT2D eigenvalue weighted by atomic mass is 10.0. The van der Waals surface area contributed by atoms with Gasteiger partial charge in [-0.1, -0.05) is 30.4 Å². The van der Waals surface area contributed by atoms with Gasteiger partial charge in [0.25, 0.3) is 0 Å². The van der Waals surface area contributed by atoms with Crippen LogP contribution in [0.2, 0.25) is 0 Å². The first kappa shape index (κ1) is 12.9. The number of benzene rings is 1. The first-order chi connectivity index (χ1) is 9.72. The van der Waals surface area contributed by atoms with Crippen LogP contribution in [0.3, 0.4) is 0 Å². The SMILES string of the molecule is O=C1CN(C(=O)CC2C=CCC2)Cc2ccccc2N1. The van der Waals surface area contributed by atoms with Gasteiger partial charge < -0.3 is 10.2 Å². The Morgan fingerprint density at radius 3 is 2.95 bits per heavy atom. The Hall–Kier alpha value is -2.10. The van der Waals surface area contributed by atoms with E-state index in [-0.39, 0.29) is 18.4 Å². The molecule has 1 N–H and O–H groups in total. The lowest BCUT2D eigenvalue weighted by Gasteiger charge is -2.21. The van der Waals surface area contributed by atoms with Crippen LogP contribution >= 0.6 is 0 Å². The van der Waals surface area contributed by atoms with Crippen molar-refractivity contribution in [3.05, 3.63) is 42.0 Å². The van der Waals surface area contributed by atoms with Crippen molar-refractivity contribution >= 4 is 17.5 Å². The number of nitrogens with one attached hydrogen (secondary N) is 1. The maximum atomic E-state index is 12.4. The summed E-state index contributed by atoms with van der Waals surface area (Å²) in [7, 11) is 0. The van der Waals surface area contributed by atoms with E-state index in [1.54, 1.807) is 4.90 Å². The second-order valence-electron chi connectivity index (χ2n) is 5.42. The average molecular weight is 270 g/mol. The zero-order valence-electron chi connectivity index (χ0n) is 11.3. The molecule has 0 radical (unpaired) electrons. The van der Waals surface area contributed by atoms with Gasteiger partial charge in [0, 0.05) is 18.7 Å². The molecule has 1 atom stereocenters. The van der Waals surface area contributed by atoms with E-state index in [9.17, 15) is 9.59 Å². The van der Waals surface area contributed by atoms with Crippen molar-refractivity contribution in [3.8, 4) is 0 Å². The molecule has 3 rings (SSSR count). The smallest absolute Gasteiger partial charge is 0.244 e. The van der Waals surface area contributed by atoms with Gasteiger partial charge in [0.2, 0.25) is 11.8 Å². The number of para-hydroxylation sites is 1. The molecule has 0 fully saturated rings. The molecule has 2 amide bonds. The number of carbonyl (C=O) groups excluding carboxylic acids is 2. The van der Waals surface area contributed by atoms with Crippen LogP contribution in [-0.2, 0) is 16.1 Å². The van der Waals surface area contributed by atoms with Gasteiger partial charge in [0.15, 0.2) is 0 Å². The van der Waals surface area contributed by atoms with Crippen LogP contribution in [0.5, 0.6) is 0 Å². The van der Waals surface area contributed by atoms with E-state index in [0.29, 0.717) is 18.9 Å². The molecule has 4 nitrogen and oxygen atoms in total. The highest BCUT2D eigenvalue weighted by molar-refractivity contribution is 5.96. The highest BCUT2D eigenvalue weighted by atomic mass is 16.2. The predicted molar refractivity (Wildman–Crippen MR) is 77.0 cm³/mol. The lowest BCUT2D eigenvalue weighted by molar-refractivity contribution is -0.135.